The molecule has 6 aromatic carbocycles. The van der Waals surface area contributed by atoms with Crippen LogP contribution < -0.4 is 4.90 Å². The number of nitrogens with zero attached hydrogens (tertiary/aromatic N) is 2. The van der Waals surface area contributed by atoms with E-state index in [9.17, 15) is 0 Å². The number of rotatable bonds is 5. The highest BCUT2D eigenvalue weighted by atomic mass is 15.2. The molecule has 0 unspecified atom stereocenters. The van der Waals surface area contributed by atoms with Crippen molar-refractivity contribution in [2.75, 3.05) is 4.90 Å². The summed E-state index contributed by atoms with van der Waals surface area (Å²) < 4.78 is 0. The van der Waals surface area contributed by atoms with Gasteiger partial charge in [0.2, 0.25) is 0 Å². The van der Waals surface area contributed by atoms with Crippen LogP contribution in [0.2, 0.25) is 0 Å². The second kappa shape index (κ2) is 11.3. The molecule has 0 fully saturated rings. The summed E-state index contributed by atoms with van der Waals surface area (Å²) in [7, 11) is 0. The minimum absolute atomic E-state index is 0.0859. The smallest absolute Gasteiger partial charge is 0.0715 e. The Kier molecular flexibility index (Phi) is 6.84. The molecule has 8 rings (SSSR count). The van der Waals surface area contributed by atoms with Crippen molar-refractivity contribution < 1.29 is 0 Å². The number of anilines is 3. The van der Waals surface area contributed by atoms with Crippen molar-refractivity contribution in [1.29, 1.82) is 0 Å². The van der Waals surface area contributed by atoms with E-state index in [0.717, 1.165) is 39.3 Å². The third kappa shape index (κ3) is 4.89. The lowest BCUT2D eigenvalue weighted by Gasteiger charge is -2.42. The van der Waals surface area contributed by atoms with E-state index in [4.69, 9.17) is 4.98 Å². The Hall–Kier alpha value is -5.73. The fourth-order valence-corrected chi connectivity index (χ4v) is 6.86. The predicted octanol–water partition coefficient (Wildman–Crippen LogP) is 11.9. The standard InChI is InChI=1S/C44H34N2/c1-44(2)38-23-9-11-25-42(38)46(43-26-12-10-24-39(43)44)37-22-14-21-35(28-37)33-19-13-20-34(27-33)36-29-40(31-15-5-3-6-16-31)45-41(30-36)32-17-7-4-8-18-32/h3-30H,1-2H3. The van der Waals surface area contributed by atoms with Crippen LogP contribution in [0.15, 0.2) is 170 Å². The summed E-state index contributed by atoms with van der Waals surface area (Å²) in [6.07, 6.45) is 0. The number of hydrogen-bond acceptors (Lipinski definition) is 2. The quantitative estimate of drug-likeness (QED) is 0.198. The van der Waals surface area contributed by atoms with E-state index in [1.165, 1.54) is 33.6 Å². The molecule has 0 atom stereocenters. The van der Waals surface area contributed by atoms with Crippen molar-refractivity contribution in [3.05, 3.63) is 181 Å². The fourth-order valence-electron chi connectivity index (χ4n) is 6.86. The molecule has 46 heavy (non-hydrogen) atoms. The van der Waals surface area contributed by atoms with Crippen molar-refractivity contribution >= 4 is 17.1 Å². The van der Waals surface area contributed by atoms with E-state index in [1.54, 1.807) is 0 Å². The number of hydrogen-bond donors (Lipinski definition) is 0. The van der Waals surface area contributed by atoms with Gasteiger partial charge in [0.25, 0.3) is 0 Å². The van der Waals surface area contributed by atoms with E-state index in [0.29, 0.717) is 0 Å². The highest BCUT2D eigenvalue weighted by molar-refractivity contribution is 5.88. The second-order valence-electron chi connectivity index (χ2n) is 12.5. The second-order valence-corrected chi connectivity index (χ2v) is 12.5. The zero-order valence-corrected chi connectivity index (χ0v) is 26.1. The van der Waals surface area contributed by atoms with Gasteiger partial charge in [-0.25, -0.2) is 4.98 Å². The number of pyridine rings is 1. The summed E-state index contributed by atoms with van der Waals surface area (Å²) in [6.45, 7) is 4.66. The number of fused-ring (bicyclic) bond motifs is 2. The zero-order chi connectivity index (χ0) is 31.1. The predicted molar refractivity (Wildman–Crippen MR) is 193 cm³/mol. The summed E-state index contributed by atoms with van der Waals surface area (Å²) in [4.78, 5) is 7.51. The Morgan fingerprint density at radius 1 is 0.391 bits per heavy atom. The Bertz CT molecular complexity index is 2070. The fraction of sp³-hybridized carbons (Fsp3) is 0.0682. The average Bonchev–Trinajstić information content (AvgIpc) is 3.13. The van der Waals surface area contributed by atoms with E-state index in [1.807, 2.05) is 12.1 Å². The van der Waals surface area contributed by atoms with Gasteiger partial charge in [0.1, 0.15) is 0 Å². The van der Waals surface area contributed by atoms with Gasteiger partial charge in [-0.1, -0.05) is 141 Å². The summed E-state index contributed by atoms with van der Waals surface area (Å²) in [5.41, 5.74) is 15.0. The number of para-hydroxylation sites is 2. The van der Waals surface area contributed by atoms with Crippen molar-refractivity contribution in [2.45, 2.75) is 19.3 Å². The van der Waals surface area contributed by atoms with Gasteiger partial charge in [0.15, 0.2) is 0 Å². The Labute approximate surface area is 271 Å². The third-order valence-electron chi connectivity index (χ3n) is 9.23. The molecule has 0 radical (unpaired) electrons. The highest BCUT2D eigenvalue weighted by Gasteiger charge is 2.36. The first-order valence-electron chi connectivity index (χ1n) is 15.9. The molecule has 0 spiro atoms. The van der Waals surface area contributed by atoms with Gasteiger partial charge >= 0.3 is 0 Å². The van der Waals surface area contributed by atoms with Gasteiger partial charge in [-0.15, -0.1) is 0 Å². The van der Waals surface area contributed by atoms with Crippen LogP contribution in [-0.2, 0) is 5.41 Å². The van der Waals surface area contributed by atoms with Crippen LogP contribution in [0.3, 0.4) is 0 Å². The summed E-state index contributed by atoms with van der Waals surface area (Å²) in [5.74, 6) is 0. The molecule has 0 saturated heterocycles. The van der Waals surface area contributed by atoms with Crippen molar-refractivity contribution in [2.24, 2.45) is 0 Å². The monoisotopic (exact) mass is 590 g/mol. The van der Waals surface area contributed by atoms with Gasteiger partial charge in [-0.2, -0.15) is 0 Å². The molecule has 2 heteroatoms. The van der Waals surface area contributed by atoms with E-state index in [-0.39, 0.29) is 5.41 Å². The molecule has 1 aliphatic heterocycles. The molecule has 2 heterocycles. The van der Waals surface area contributed by atoms with Crippen LogP contribution in [0.25, 0.3) is 44.8 Å². The Morgan fingerprint density at radius 3 is 1.39 bits per heavy atom. The van der Waals surface area contributed by atoms with Crippen molar-refractivity contribution in [3.8, 4) is 44.8 Å². The molecule has 1 aromatic heterocycles. The van der Waals surface area contributed by atoms with Gasteiger partial charge < -0.3 is 4.90 Å². The number of aromatic nitrogens is 1. The first-order chi connectivity index (χ1) is 22.6. The molecule has 1 aliphatic rings. The first-order valence-corrected chi connectivity index (χ1v) is 15.9. The molecule has 7 aromatic rings. The maximum Gasteiger partial charge on any atom is 0.0715 e. The molecule has 0 bridgehead atoms. The highest BCUT2D eigenvalue weighted by Crippen LogP contribution is 2.51. The summed E-state index contributed by atoms with van der Waals surface area (Å²) in [5, 5.41) is 0. The molecule has 2 nitrogen and oxygen atoms in total. The minimum atomic E-state index is -0.0859. The zero-order valence-electron chi connectivity index (χ0n) is 26.1. The van der Waals surface area contributed by atoms with Crippen LogP contribution in [0.5, 0.6) is 0 Å². The van der Waals surface area contributed by atoms with E-state index >= 15 is 0 Å². The van der Waals surface area contributed by atoms with E-state index < -0.39 is 0 Å². The van der Waals surface area contributed by atoms with Crippen molar-refractivity contribution in [1.82, 2.24) is 4.98 Å². The average molecular weight is 591 g/mol. The molecule has 0 saturated carbocycles. The molecule has 0 aliphatic carbocycles. The van der Waals surface area contributed by atoms with Crippen LogP contribution in [0.1, 0.15) is 25.0 Å². The lowest BCUT2D eigenvalue weighted by Crippen LogP contribution is -2.30. The Morgan fingerprint density at radius 2 is 0.826 bits per heavy atom. The molecular weight excluding hydrogens is 556 g/mol. The first kappa shape index (κ1) is 27.8. The van der Waals surface area contributed by atoms with Gasteiger partial charge in [0.05, 0.1) is 22.8 Å². The lowest BCUT2D eigenvalue weighted by molar-refractivity contribution is 0.632. The summed E-state index contributed by atoms with van der Waals surface area (Å²) in [6, 6.07) is 60.7. The molecule has 0 N–H and O–H groups in total. The Balaban J connectivity index is 1.23. The van der Waals surface area contributed by atoms with E-state index in [2.05, 4.69) is 176 Å². The van der Waals surface area contributed by atoms with Gasteiger partial charge in [-0.05, 0) is 75.8 Å². The minimum Gasteiger partial charge on any atom is -0.310 e. The molecule has 0 amide bonds. The SMILES string of the molecule is CC1(C)c2ccccc2N(c2cccc(-c3cccc(-c4cc(-c5ccccc5)nc(-c5ccccc5)c4)c3)c2)c2ccccc21. The van der Waals surface area contributed by atoms with Crippen LogP contribution in [-0.4, -0.2) is 4.98 Å². The van der Waals surface area contributed by atoms with Crippen molar-refractivity contribution in [3.63, 3.8) is 0 Å². The summed E-state index contributed by atoms with van der Waals surface area (Å²) >= 11 is 0. The third-order valence-corrected chi connectivity index (χ3v) is 9.23. The van der Waals surface area contributed by atoms with Crippen LogP contribution >= 0.6 is 0 Å². The van der Waals surface area contributed by atoms with Crippen LogP contribution in [0.4, 0.5) is 17.1 Å². The topological polar surface area (TPSA) is 16.1 Å². The van der Waals surface area contributed by atoms with Gasteiger partial charge in [-0.3, -0.25) is 0 Å². The van der Waals surface area contributed by atoms with Crippen LogP contribution in [0, 0.1) is 0 Å². The largest absolute Gasteiger partial charge is 0.310 e. The maximum atomic E-state index is 5.08. The van der Waals surface area contributed by atoms with Gasteiger partial charge in [0, 0.05) is 22.2 Å². The molecular formula is C44H34N2. The molecule has 220 valence electrons. The normalized spacial score (nSPS) is 13.1. The number of benzene rings is 6. The maximum absolute atomic E-state index is 5.08. The lowest BCUT2D eigenvalue weighted by atomic mass is 9.73.